The summed E-state index contributed by atoms with van der Waals surface area (Å²) < 4.78 is 3.20. The smallest absolute Gasteiger partial charge is 0.0738 e. The fraction of sp³-hybridized carbons (Fsp3) is 0.786. The quantitative estimate of drug-likeness (QED) is 0.932. The topological polar surface area (TPSA) is 43.8 Å². The molecule has 1 fully saturated rings. The van der Waals surface area contributed by atoms with Gasteiger partial charge in [-0.3, -0.25) is 4.68 Å². The van der Waals surface area contributed by atoms with Gasteiger partial charge in [0.1, 0.15) is 0 Å². The number of hydrogen-bond acceptors (Lipinski definition) is 2. The van der Waals surface area contributed by atoms with Crippen LogP contribution in [0.15, 0.2) is 4.47 Å². The molecule has 0 amide bonds. The highest BCUT2D eigenvalue weighted by Gasteiger charge is 2.29. The van der Waals surface area contributed by atoms with Gasteiger partial charge in [-0.1, -0.05) is 13.3 Å². The molecule has 0 aromatic carbocycles. The van der Waals surface area contributed by atoms with E-state index in [4.69, 9.17) is 5.73 Å². The van der Waals surface area contributed by atoms with Crippen LogP contribution in [0.4, 0.5) is 0 Å². The van der Waals surface area contributed by atoms with Gasteiger partial charge in [0, 0.05) is 7.05 Å². The molecule has 2 N–H and O–H groups in total. The third-order valence-corrected chi connectivity index (χ3v) is 5.45. The summed E-state index contributed by atoms with van der Waals surface area (Å²) in [4.78, 5) is 0. The molecular weight excluding hydrogens is 290 g/mol. The highest BCUT2D eigenvalue weighted by Crippen LogP contribution is 2.36. The van der Waals surface area contributed by atoms with E-state index in [-0.39, 0.29) is 0 Å². The maximum atomic E-state index is 5.94. The minimum Gasteiger partial charge on any atom is -0.330 e. The number of aromatic nitrogens is 2. The molecule has 0 radical (unpaired) electrons. The molecule has 3 nitrogen and oxygen atoms in total. The molecule has 0 aliphatic heterocycles. The summed E-state index contributed by atoms with van der Waals surface area (Å²) in [6, 6.07) is 0. The van der Waals surface area contributed by atoms with Crippen molar-refractivity contribution in [2.45, 2.75) is 39.5 Å². The lowest BCUT2D eigenvalue weighted by Gasteiger charge is -2.34. The Kier molecular flexibility index (Phi) is 4.49. The normalized spacial score (nSPS) is 28.6. The number of nitrogens with zero attached hydrogens (tertiary/aromatic N) is 2. The van der Waals surface area contributed by atoms with Gasteiger partial charge in [0.05, 0.1) is 15.9 Å². The molecule has 18 heavy (non-hydrogen) atoms. The maximum absolute atomic E-state index is 5.94. The number of rotatable bonds is 3. The Morgan fingerprint density at radius 3 is 2.67 bits per heavy atom. The second kappa shape index (κ2) is 5.74. The molecule has 3 unspecified atom stereocenters. The number of aryl methyl sites for hydroxylation is 2. The zero-order chi connectivity index (χ0) is 13.3. The second-order valence-corrected chi connectivity index (χ2v) is 6.64. The molecule has 0 spiro atoms. The first-order valence-corrected chi connectivity index (χ1v) is 7.70. The predicted molar refractivity (Wildman–Crippen MR) is 78.4 cm³/mol. The summed E-state index contributed by atoms with van der Waals surface area (Å²) in [7, 11) is 2.04. The van der Waals surface area contributed by atoms with E-state index in [0.717, 1.165) is 24.6 Å². The highest BCUT2D eigenvalue weighted by atomic mass is 79.9. The van der Waals surface area contributed by atoms with Crippen molar-refractivity contribution in [2.24, 2.45) is 30.5 Å². The van der Waals surface area contributed by atoms with Gasteiger partial charge in [0.15, 0.2) is 0 Å². The Labute approximate surface area is 118 Å². The van der Waals surface area contributed by atoms with Crippen molar-refractivity contribution in [3.63, 3.8) is 0 Å². The second-order valence-electron chi connectivity index (χ2n) is 5.85. The van der Waals surface area contributed by atoms with Gasteiger partial charge < -0.3 is 5.73 Å². The molecule has 1 aliphatic rings. The number of nitrogens with two attached hydrogens (primary N) is 1. The number of halogens is 1. The van der Waals surface area contributed by atoms with Crippen LogP contribution in [0.3, 0.4) is 0 Å². The van der Waals surface area contributed by atoms with Crippen molar-refractivity contribution in [2.75, 3.05) is 6.54 Å². The van der Waals surface area contributed by atoms with Crippen LogP contribution in [0.25, 0.3) is 0 Å². The lowest BCUT2D eigenvalue weighted by Crippen LogP contribution is -2.31. The molecular formula is C14H24BrN3. The van der Waals surface area contributed by atoms with Gasteiger partial charge in [-0.05, 0) is 66.4 Å². The van der Waals surface area contributed by atoms with Gasteiger partial charge >= 0.3 is 0 Å². The maximum Gasteiger partial charge on any atom is 0.0738 e. The van der Waals surface area contributed by atoms with Gasteiger partial charge in [0.2, 0.25) is 0 Å². The van der Waals surface area contributed by atoms with Crippen molar-refractivity contribution in [3.8, 4) is 0 Å². The van der Waals surface area contributed by atoms with Crippen LogP contribution in [0.1, 0.15) is 37.6 Å². The van der Waals surface area contributed by atoms with Crippen LogP contribution < -0.4 is 5.73 Å². The molecule has 2 rings (SSSR count). The Morgan fingerprint density at radius 2 is 2.11 bits per heavy atom. The molecule has 0 saturated heterocycles. The SMILES string of the molecule is Cc1nn(C)c(CC2CC(C)CCC2CN)c1Br. The zero-order valence-corrected chi connectivity index (χ0v) is 13.2. The van der Waals surface area contributed by atoms with Crippen LogP contribution in [-0.2, 0) is 13.5 Å². The third kappa shape index (κ3) is 2.80. The molecule has 1 aromatic heterocycles. The van der Waals surface area contributed by atoms with Gasteiger partial charge in [-0.2, -0.15) is 5.10 Å². The molecule has 1 aromatic rings. The zero-order valence-electron chi connectivity index (χ0n) is 11.6. The van der Waals surface area contributed by atoms with Crippen molar-refractivity contribution in [1.29, 1.82) is 0 Å². The van der Waals surface area contributed by atoms with Gasteiger partial charge in [0.25, 0.3) is 0 Å². The Bertz CT molecular complexity index is 413. The van der Waals surface area contributed by atoms with Crippen LogP contribution in [0.5, 0.6) is 0 Å². The molecule has 1 heterocycles. The lowest BCUT2D eigenvalue weighted by molar-refractivity contribution is 0.190. The van der Waals surface area contributed by atoms with Gasteiger partial charge in [-0.15, -0.1) is 0 Å². The van der Waals surface area contributed by atoms with Crippen molar-refractivity contribution in [3.05, 3.63) is 15.9 Å². The van der Waals surface area contributed by atoms with E-state index in [2.05, 4.69) is 34.9 Å². The minimum absolute atomic E-state index is 0.684. The van der Waals surface area contributed by atoms with Crippen LogP contribution in [0.2, 0.25) is 0 Å². The average Bonchev–Trinajstić information content (AvgIpc) is 2.56. The van der Waals surface area contributed by atoms with Crippen molar-refractivity contribution in [1.82, 2.24) is 9.78 Å². The van der Waals surface area contributed by atoms with E-state index in [9.17, 15) is 0 Å². The van der Waals surface area contributed by atoms with E-state index in [1.54, 1.807) is 0 Å². The molecule has 3 atom stereocenters. The monoisotopic (exact) mass is 313 g/mol. The summed E-state index contributed by atoms with van der Waals surface area (Å²) in [5, 5.41) is 4.48. The number of hydrogen-bond donors (Lipinski definition) is 1. The van der Waals surface area contributed by atoms with E-state index in [1.165, 1.54) is 29.4 Å². The van der Waals surface area contributed by atoms with Crippen LogP contribution in [-0.4, -0.2) is 16.3 Å². The van der Waals surface area contributed by atoms with Crippen molar-refractivity contribution >= 4 is 15.9 Å². The molecule has 102 valence electrons. The van der Waals surface area contributed by atoms with Crippen molar-refractivity contribution < 1.29 is 0 Å². The average molecular weight is 314 g/mol. The van der Waals surface area contributed by atoms with Crippen LogP contribution >= 0.6 is 15.9 Å². The largest absolute Gasteiger partial charge is 0.330 e. The van der Waals surface area contributed by atoms with E-state index in [1.807, 2.05) is 11.7 Å². The molecule has 1 saturated carbocycles. The fourth-order valence-electron chi connectivity index (χ4n) is 3.27. The summed E-state index contributed by atoms with van der Waals surface area (Å²) in [5.41, 5.74) is 8.35. The molecule has 1 aliphatic carbocycles. The first kappa shape index (κ1) is 14.1. The van der Waals surface area contributed by atoms with E-state index >= 15 is 0 Å². The first-order valence-electron chi connectivity index (χ1n) is 6.91. The minimum atomic E-state index is 0.684. The third-order valence-electron chi connectivity index (χ3n) is 4.42. The standard InChI is InChI=1S/C14H24BrN3/c1-9-4-5-11(8-16)12(6-9)7-13-14(15)10(2)17-18(13)3/h9,11-12H,4-8,16H2,1-3H3. The summed E-state index contributed by atoms with van der Waals surface area (Å²) in [5.74, 6) is 2.24. The van der Waals surface area contributed by atoms with E-state index < -0.39 is 0 Å². The Hall–Kier alpha value is -0.350. The summed E-state index contributed by atoms with van der Waals surface area (Å²) >= 11 is 3.67. The van der Waals surface area contributed by atoms with Crippen LogP contribution in [0, 0.1) is 24.7 Å². The van der Waals surface area contributed by atoms with Gasteiger partial charge in [-0.25, -0.2) is 0 Å². The molecule has 4 heteroatoms. The summed E-state index contributed by atoms with van der Waals surface area (Å²) in [6.07, 6.45) is 5.03. The fourth-order valence-corrected chi connectivity index (χ4v) is 3.77. The van der Waals surface area contributed by atoms with E-state index in [0.29, 0.717) is 11.8 Å². The summed E-state index contributed by atoms with van der Waals surface area (Å²) in [6.45, 7) is 5.24. The Balaban J connectivity index is 2.15. The first-order chi connectivity index (χ1) is 8.52. The molecule has 0 bridgehead atoms. The Morgan fingerprint density at radius 1 is 1.39 bits per heavy atom. The predicted octanol–water partition coefficient (Wildman–Crippen LogP) is 3.04. The lowest BCUT2D eigenvalue weighted by atomic mass is 9.73. The highest BCUT2D eigenvalue weighted by molar-refractivity contribution is 9.10.